The van der Waals surface area contributed by atoms with E-state index in [1.165, 1.54) is 6.26 Å². The molecule has 0 spiro atoms. The molecule has 0 bridgehead atoms. The van der Waals surface area contributed by atoms with Gasteiger partial charge in [-0.1, -0.05) is 24.3 Å². The quantitative estimate of drug-likeness (QED) is 0.651. The lowest BCUT2D eigenvalue weighted by molar-refractivity contribution is -0.0156. The maximum Gasteiger partial charge on any atom is 0.175 e. The normalized spacial score (nSPS) is 17.7. The van der Waals surface area contributed by atoms with Crippen molar-refractivity contribution in [2.75, 3.05) is 33.1 Å². The van der Waals surface area contributed by atoms with Crippen LogP contribution in [0, 0.1) is 0 Å². The highest BCUT2D eigenvalue weighted by molar-refractivity contribution is 7.90. The summed E-state index contributed by atoms with van der Waals surface area (Å²) in [7, 11) is -1.54. The number of hydrogen-bond acceptors (Lipinski definition) is 6. The van der Waals surface area contributed by atoms with Crippen LogP contribution < -0.4 is 4.74 Å². The van der Waals surface area contributed by atoms with Gasteiger partial charge in [0, 0.05) is 24.9 Å². The number of methoxy groups -OCH3 is 1. The molecule has 1 N–H and O–H groups in total. The maximum absolute atomic E-state index is 11.7. The van der Waals surface area contributed by atoms with E-state index in [0.717, 1.165) is 34.9 Å². The minimum absolute atomic E-state index is 0.00677. The zero-order valence-electron chi connectivity index (χ0n) is 17.0. The molecule has 2 aromatic carbocycles. The van der Waals surface area contributed by atoms with Crippen molar-refractivity contribution >= 4 is 9.84 Å². The molecule has 7 nitrogen and oxygen atoms in total. The van der Waals surface area contributed by atoms with Crippen molar-refractivity contribution < 1.29 is 17.9 Å². The molecule has 3 aromatic rings. The molecule has 30 heavy (non-hydrogen) atoms. The van der Waals surface area contributed by atoms with Crippen molar-refractivity contribution in [1.82, 2.24) is 14.9 Å². The van der Waals surface area contributed by atoms with Gasteiger partial charge in [-0.3, -0.25) is 4.90 Å². The van der Waals surface area contributed by atoms with Gasteiger partial charge in [-0.25, -0.2) is 13.4 Å². The number of hydrogen-bond donors (Lipinski definition) is 1. The van der Waals surface area contributed by atoms with Gasteiger partial charge in [-0.2, -0.15) is 0 Å². The summed E-state index contributed by atoms with van der Waals surface area (Å²) in [4.78, 5) is 10.7. The fourth-order valence-electron chi connectivity index (χ4n) is 3.60. The van der Waals surface area contributed by atoms with Gasteiger partial charge in [0.2, 0.25) is 0 Å². The predicted molar refractivity (Wildman–Crippen MR) is 114 cm³/mol. The Morgan fingerprint density at radius 3 is 2.77 bits per heavy atom. The summed E-state index contributed by atoms with van der Waals surface area (Å²) < 4.78 is 34.4. The van der Waals surface area contributed by atoms with E-state index in [1.807, 2.05) is 42.6 Å². The second-order valence-electron chi connectivity index (χ2n) is 7.39. The number of aromatic amines is 1. The lowest BCUT2D eigenvalue weighted by atomic mass is 10.1. The molecule has 1 aliphatic heterocycles. The Morgan fingerprint density at radius 1 is 1.23 bits per heavy atom. The molecule has 1 unspecified atom stereocenters. The van der Waals surface area contributed by atoms with Crippen LogP contribution in [0.4, 0.5) is 0 Å². The summed E-state index contributed by atoms with van der Waals surface area (Å²) in [6.07, 6.45) is 3.05. The zero-order chi connectivity index (χ0) is 21.1. The standard InChI is InChI=1S/C22H25N3O4S/c1-28-18-5-3-4-17(12-18)20-13-23-22(24-20)21-15-29-11-10-25(21)14-16-6-8-19(9-7-16)30(2,26)27/h3-9,12-13,21H,10-11,14-15H2,1-2H3,(H,23,24). The monoisotopic (exact) mass is 427 g/mol. The van der Waals surface area contributed by atoms with Gasteiger partial charge in [-0.05, 0) is 29.8 Å². The fourth-order valence-corrected chi connectivity index (χ4v) is 4.23. The third-order valence-electron chi connectivity index (χ3n) is 5.27. The molecule has 158 valence electrons. The average molecular weight is 428 g/mol. The Hall–Kier alpha value is -2.68. The molecular weight excluding hydrogens is 402 g/mol. The van der Waals surface area contributed by atoms with Gasteiger partial charge in [0.1, 0.15) is 11.6 Å². The average Bonchev–Trinajstić information content (AvgIpc) is 3.24. The molecule has 0 amide bonds. The molecule has 8 heteroatoms. The number of morpholine rings is 1. The van der Waals surface area contributed by atoms with Crippen molar-refractivity contribution in [2.24, 2.45) is 0 Å². The molecule has 0 aliphatic carbocycles. The minimum Gasteiger partial charge on any atom is -0.497 e. The fraction of sp³-hybridized carbons (Fsp3) is 0.318. The number of nitrogens with one attached hydrogen (secondary N) is 1. The van der Waals surface area contributed by atoms with E-state index < -0.39 is 9.84 Å². The number of imidazole rings is 1. The van der Waals surface area contributed by atoms with Gasteiger partial charge < -0.3 is 14.5 Å². The molecule has 1 fully saturated rings. The van der Waals surface area contributed by atoms with Crippen molar-refractivity contribution in [3.8, 4) is 17.0 Å². The van der Waals surface area contributed by atoms with Gasteiger partial charge in [-0.15, -0.1) is 0 Å². The first-order chi connectivity index (χ1) is 14.4. The topological polar surface area (TPSA) is 84.5 Å². The van der Waals surface area contributed by atoms with Crippen LogP contribution in [-0.4, -0.2) is 56.4 Å². The van der Waals surface area contributed by atoms with Crippen molar-refractivity contribution in [3.05, 3.63) is 66.1 Å². The number of aromatic nitrogens is 2. The van der Waals surface area contributed by atoms with Crippen LogP contribution in [-0.2, 0) is 21.1 Å². The third-order valence-corrected chi connectivity index (χ3v) is 6.40. The molecule has 1 aliphatic rings. The van der Waals surface area contributed by atoms with Gasteiger partial charge >= 0.3 is 0 Å². The largest absolute Gasteiger partial charge is 0.497 e. The number of benzene rings is 2. The van der Waals surface area contributed by atoms with Crippen LogP contribution in [0.3, 0.4) is 0 Å². The Bertz CT molecular complexity index is 1110. The van der Waals surface area contributed by atoms with E-state index >= 15 is 0 Å². The summed E-state index contributed by atoms with van der Waals surface area (Å²) >= 11 is 0. The first-order valence-corrected chi connectivity index (χ1v) is 11.6. The molecule has 0 saturated carbocycles. The van der Waals surface area contributed by atoms with E-state index in [-0.39, 0.29) is 6.04 Å². The molecule has 1 saturated heterocycles. The SMILES string of the molecule is COc1cccc(-c2cnc(C3COCCN3Cc3ccc(S(C)(=O)=O)cc3)[nH]2)c1. The Kier molecular flexibility index (Phi) is 5.90. The van der Waals surface area contributed by atoms with E-state index in [4.69, 9.17) is 9.47 Å². The lowest BCUT2D eigenvalue weighted by Crippen LogP contribution is -2.39. The maximum atomic E-state index is 11.7. The molecule has 1 atom stereocenters. The molecular formula is C22H25N3O4S. The smallest absolute Gasteiger partial charge is 0.175 e. The Balaban J connectivity index is 1.53. The zero-order valence-corrected chi connectivity index (χ0v) is 17.9. The summed E-state index contributed by atoms with van der Waals surface area (Å²) in [5.41, 5.74) is 2.98. The summed E-state index contributed by atoms with van der Waals surface area (Å²) in [5.74, 6) is 1.64. The number of rotatable bonds is 6. The second-order valence-corrected chi connectivity index (χ2v) is 9.41. The van der Waals surface area contributed by atoms with Crippen molar-refractivity contribution in [1.29, 1.82) is 0 Å². The molecule has 2 heterocycles. The van der Waals surface area contributed by atoms with E-state index in [2.05, 4.69) is 14.9 Å². The summed E-state index contributed by atoms with van der Waals surface area (Å²) in [6, 6.07) is 14.9. The second kappa shape index (κ2) is 8.59. The number of nitrogens with zero attached hydrogens (tertiary/aromatic N) is 2. The van der Waals surface area contributed by atoms with Crippen LogP contribution >= 0.6 is 0 Å². The van der Waals surface area contributed by atoms with E-state index in [1.54, 1.807) is 19.2 Å². The first-order valence-electron chi connectivity index (χ1n) is 9.74. The number of sulfone groups is 1. The molecule has 1 aromatic heterocycles. The first kappa shape index (κ1) is 20.6. The molecule has 0 radical (unpaired) electrons. The van der Waals surface area contributed by atoms with Gasteiger partial charge in [0.05, 0.1) is 43.2 Å². The summed E-state index contributed by atoms with van der Waals surface area (Å²) in [6.45, 7) is 2.66. The predicted octanol–water partition coefficient (Wildman–Crippen LogP) is 3.06. The van der Waals surface area contributed by atoms with Crippen molar-refractivity contribution in [2.45, 2.75) is 17.5 Å². The van der Waals surface area contributed by atoms with Crippen LogP contribution in [0.1, 0.15) is 17.4 Å². The third kappa shape index (κ3) is 4.56. The number of H-pyrrole nitrogens is 1. The van der Waals surface area contributed by atoms with E-state index in [0.29, 0.717) is 24.7 Å². The minimum atomic E-state index is -3.19. The lowest BCUT2D eigenvalue weighted by Gasteiger charge is -2.34. The van der Waals surface area contributed by atoms with Crippen LogP contribution in [0.25, 0.3) is 11.3 Å². The Morgan fingerprint density at radius 2 is 2.03 bits per heavy atom. The van der Waals surface area contributed by atoms with Crippen LogP contribution in [0.2, 0.25) is 0 Å². The highest BCUT2D eigenvalue weighted by atomic mass is 32.2. The number of ether oxygens (including phenoxy) is 2. The van der Waals surface area contributed by atoms with Crippen molar-refractivity contribution in [3.63, 3.8) is 0 Å². The highest BCUT2D eigenvalue weighted by Crippen LogP contribution is 2.28. The van der Waals surface area contributed by atoms with Crippen LogP contribution in [0.5, 0.6) is 5.75 Å². The van der Waals surface area contributed by atoms with Gasteiger partial charge in [0.15, 0.2) is 9.84 Å². The highest BCUT2D eigenvalue weighted by Gasteiger charge is 2.27. The Labute approximate surface area is 176 Å². The van der Waals surface area contributed by atoms with E-state index in [9.17, 15) is 8.42 Å². The summed E-state index contributed by atoms with van der Waals surface area (Å²) in [5, 5.41) is 0. The molecule has 4 rings (SSSR count). The van der Waals surface area contributed by atoms with Crippen LogP contribution in [0.15, 0.2) is 59.6 Å². The van der Waals surface area contributed by atoms with Gasteiger partial charge in [0.25, 0.3) is 0 Å².